The summed E-state index contributed by atoms with van der Waals surface area (Å²) in [5.74, 6) is 0.742. The third-order valence-electron chi connectivity index (χ3n) is 5.02. The van der Waals surface area contributed by atoms with Crippen LogP contribution in [0.5, 0.6) is 5.75 Å². The van der Waals surface area contributed by atoms with E-state index in [-0.39, 0.29) is 12.1 Å². The van der Waals surface area contributed by atoms with Crippen LogP contribution in [-0.2, 0) is 22.4 Å². The van der Waals surface area contributed by atoms with Crippen molar-refractivity contribution >= 4 is 17.6 Å². The van der Waals surface area contributed by atoms with E-state index in [1.54, 1.807) is 12.1 Å². The fourth-order valence-corrected chi connectivity index (χ4v) is 3.69. The molecule has 0 spiro atoms. The average Bonchev–Trinajstić information content (AvgIpc) is 2.72. The molecular weight excluding hydrogens is 390 g/mol. The fraction of sp³-hybridized carbons (Fsp3) is 0.435. The van der Waals surface area contributed by atoms with Gasteiger partial charge in [0.1, 0.15) is 11.9 Å². The number of aliphatic hydroxyl groups is 1. The smallest absolute Gasteiger partial charge is 0.306 e. The van der Waals surface area contributed by atoms with Gasteiger partial charge in [0.05, 0.1) is 12.7 Å². The summed E-state index contributed by atoms with van der Waals surface area (Å²) in [6.45, 7) is 3.35. The molecule has 29 heavy (non-hydrogen) atoms. The van der Waals surface area contributed by atoms with Gasteiger partial charge in [0, 0.05) is 24.5 Å². The van der Waals surface area contributed by atoms with Gasteiger partial charge in [-0.05, 0) is 61.1 Å². The minimum atomic E-state index is -0.605. The van der Waals surface area contributed by atoms with Gasteiger partial charge in [0.25, 0.3) is 0 Å². The fourth-order valence-electron chi connectivity index (χ4n) is 3.49. The van der Waals surface area contributed by atoms with Gasteiger partial charge in [-0.15, -0.1) is 0 Å². The molecule has 0 fully saturated rings. The number of hydrogen-bond donors (Lipinski definition) is 2. The molecule has 2 N–H and O–H groups in total. The highest BCUT2D eigenvalue weighted by molar-refractivity contribution is 6.30. The minimum absolute atomic E-state index is 0.0689. The van der Waals surface area contributed by atoms with Gasteiger partial charge < -0.3 is 19.9 Å². The first-order chi connectivity index (χ1) is 14.0. The Kier molecular flexibility index (Phi) is 7.92. The van der Waals surface area contributed by atoms with E-state index >= 15 is 0 Å². The first kappa shape index (κ1) is 21.6. The van der Waals surface area contributed by atoms with Crippen LogP contribution >= 0.6 is 11.6 Å². The molecule has 0 aromatic heterocycles. The quantitative estimate of drug-likeness (QED) is 0.606. The maximum atomic E-state index is 11.5. The van der Waals surface area contributed by atoms with Gasteiger partial charge in [-0.3, -0.25) is 4.79 Å². The lowest BCUT2D eigenvalue weighted by Crippen LogP contribution is -2.36. The highest BCUT2D eigenvalue weighted by Gasteiger charge is 2.20. The Morgan fingerprint density at radius 2 is 2.21 bits per heavy atom. The zero-order valence-electron chi connectivity index (χ0n) is 16.7. The number of fused-ring (bicyclic) bond motifs is 1. The largest absolute Gasteiger partial charge is 0.489 e. The number of aryl methyl sites for hydroxylation is 2. The maximum Gasteiger partial charge on any atom is 0.306 e. The van der Waals surface area contributed by atoms with E-state index in [0.717, 1.165) is 29.7 Å². The van der Waals surface area contributed by atoms with E-state index in [2.05, 4.69) is 11.4 Å². The molecule has 0 saturated carbocycles. The van der Waals surface area contributed by atoms with E-state index in [1.165, 1.54) is 5.56 Å². The number of carbonyl (C=O) groups is 1. The highest BCUT2D eigenvalue weighted by atomic mass is 35.5. The number of carbonyl (C=O) groups excluding carboxylic acids is 1. The number of ether oxygens (including phenoxy) is 2. The zero-order valence-corrected chi connectivity index (χ0v) is 17.5. The van der Waals surface area contributed by atoms with Crippen LogP contribution in [0.3, 0.4) is 0 Å². The Morgan fingerprint density at radius 1 is 1.34 bits per heavy atom. The Labute approximate surface area is 177 Å². The average molecular weight is 418 g/mol. The van der Waals surface area contributed by atoms with E-state index in [0.29, 0.717) is 37.6 Å². The standard InChI is InChI=1S/C23H28ClNO4/c1-2-28-23(27)11-7-16-6-10-22-18(12-16)8-9-20(29-22)14-25-15-21(26)17-4-3-5-19(24)13-17/h3-6,10,12-13,20-21,25-26H,2,7-9,11,14-15H2,1H3/t20-,21?/m1/s1. The number of esters is 1. The predicted octanol–water partition coefficient (Wildman–Crippen LogP) is 3.85. The second kappa shape index (κ2) is 10.6. The van der Waals surface area contributed by atoms with Crippen molar-refractivity contribution in [3.05, 3.63) is 64.2 Å². The summed E-state index contributed by atoms with van der Waals surface area (Å²) in [5.41, 5.74) is 3.11. The minimum Gasteiger partial charge on any atom is -0.489 e. The van der Waals surface area contributed by atoms with Crippen LogP contribution in [0.15, 0.2) is 42.5 Å². The first-order valence-corrected chi connectivity index (χ1v) is 10.5. The monoisotopic (exact) mass is 417 g/mol. The molecule has 1 unspecified atom stereocenters. The molecular formula is C23H28ClNO4. The SMILES string of the molecule is CCOC(=O)CCc1ccc2c(c1)CC[C@H](CNCC(O)c1cccc(Cl)c1)O2. The van der Waals surface area contributed by atoms with E-state index in [4.69, 9.17) is 21.1 Å². The Hall–Kier alpha value is -2.08. The molecule has 6 heteroatoms. The lowest BCUT2D eigenvalue weighted by atomic mass is 9.98. The van der Waals surface area contributed by atoms with E-state index in [1.807, 2.05) is 31.2 Å². The molecule has 2 aromatic carbocycles. The van der Waals surface area contributed by atoms with Crippen molar-refractivity contribution < 1.29 is 19.4 Å². The molecule has 0 aliphatic carbocycles. The van der Waals surface area contributed by atoms with Crippen molar-refractivity contribution in [2.45, 2.75) is 44.8 Å². The summed E-state index contributed by atoms with van der Waals surface area (Å²) in [5, 5.41) is 14.2. The highest BCUT2D eigenvalue weighted by Crippen LogP contribution is 2.29. The summed E-state index contributed by atoms with van der Waals surface area (Å²) >= 11 is 5.98. The van der Waals surface area contributed by atoms with E-state index < -0.39 is 6.10 Å². The predicted molar refractivity (Wildman–Crippen MR) is 113 cm³/mol. The molecule has 0 radical (unpaired) electrons. The first-order valence-electron chi connectivity index (χ1n) is 10.1. The van der Waals surface area contributed by atoms with Gasteiger partial charge in [-0.2, -0.15) is 0 Å². The van der Waals surface area contributed by atoms with Crippen molar-refractivity contribution in [3.63, 3.8) is 0 Å². The Balaban J connectivity index is 1.45. The summed E-state index contributed by atoms with van der Waals surface area (Å²) in [7, 11) is 0. The van der Waals surface area contributed by atoms with Gasteiger partial charge in [-0.25, -0.2) is 0 Å². The number of halogens is 1. The maximum absolute atomic E-state index is 11.5. The van der Waals surface area contributed by atoms with Crippen LogP contribution in [0.25, 0.3) is 0 Å². The van der Waals surface area contributed by atoms with Crippen molar-refractivity contribution in [1.82, 2.24) is 5.32 Å². The third-order valence-corrected chi connectivity index (χ3v) is 5.26. The van der Waals surface area contributed by atoms with Crippen LogP contribution in [-0.4, -0.2) is 36.9 Å². The zero-order chi connectivity index (χ0) is 20.6. The van der Waals surface area contributed by atoms with Crippen molar-refractivity contribution in [2.75, 3.05) is 19.7 Å². The molecule has 0 saturated heterocycles. The van der Waals surface area contributed by atoms with Crippen LogP contribution in [0.2, 0.25) is 5.02 Å². The van der Waals surface area contributed by atoms with Crippen molar-refractivity contribution in [3.8, 4) is 5.75 Å². The topological polar surface area (TPSA) is 67.8 Å². The van der Waals surface area contributed by atoms with Gasteiger partial charge >= 0.3 is 5.97 Å². The molecule has 1 heterocycles. The van der Waals surface area contributed by atoms with E-state index in [9.17, 15) is 9.90 Å². The molecule has 2 aromatic rings. The molecule has 156 valence electrons. The molecule has 1 aliphatic heterocycles. The van der Waals surface area contributed by atoms with Gasteiger partial charge in [-0.1, -0.05) is 35.9 Å². The molecule has 5 nitrogen and oxygen atoms in total. The lowest BCUT2D eigenvalue weighted by molar-refractivity contribution is -0.143. The molecule has 3 rings (SSSR count). The molecule has 0 bridgehead atoms. The number of aliphatic hydroxyl groups excluding tert-OH is 1. The molecule has 0 amide bonds. The normalized spacial score (nSPS) is 16.6. The van der Waals surface area contributed by atoms with Gasteiger partial charge in [0.2, 0.25) is 0 Å². The molecule has 1 aliphatic rings. The lowest BCUT2D eigenvalue weighted by Gasteiger charge is -2.27. The number of rotatable bonds is 9. The van der Waals surface area contributed by atoms with Crippen molar-refractivity contribution in [1.29, 1.82) is 0 Å². The summed E-state index contributed by atoms with van der Waals surface area (Å²) in [6, 6.07) is 13.4. The third kappa shape index (κ3) is 6.46. The number of benzene rings is 2. The number of nitrogens with one attached hydrogen (secondary N) is 1. The number of hydrogen-bond acceptors (Lipinski definition) is 5. The van der Waals surface area contributed by atoms with Crippen LogP contribution in [0.1, 0.15) is 42.6 Å². The summed E-state index contributed by atoms with van der Waals surface area (Å²) < 4.78 is 11.1. The summed E-state index contributed by atoms with van der Waals surface area (Å²) in [4.78, 5) is 11.5. The van der Waals surface area contributed by atoms with Crippen molar-refractivity contribution in [2.24, 2.45) is 0 Å². The second-order valence-electron chi connectivity index (χ2n) is 7.25. The molecule has 2 atom stereocenters. The summed E-state index contributed by atoms with van der Waals surface area (Å²) in [6.07, 6.45) is 2.39. The Morgan fingerprint density at radius 3 is 3.00 bits per heavy atom. The van der Waals surface area contributed by atoms with Crippen LogP contribution in [0.4, 0.5) is 0 Å². The second-order valence-corrected chi connectivity index (χ2v) is 7.69. The van der Waals surface area contributed by atoms with Crippen LogP contribution < -0.4 is 10.1 Å². The van der Waals surface area contributed by atoms with Crippen LogP contribution in [0, 0.1) is 0 Å². The Bertz CT molecular complexity index is 826. The van der Waals surface area contributed by atoms with Gasteiger partial charge in [0.15, 0.2) is 0 Å².